The predicted octanol–water partition coefficient (Wildman–Crippen LogP) is 17.6. The number of aryl methyl sites for hydroxylation is 10. The fraction of sp³-hybridized carbons (Fsp3) is 0.293. The minimum Gasteiger partial charge on any atom is -0.423 e. The number of rotatable bonds is 8. The van der Waals surface area contributed by atoms with Crippen LogP contribution in [0.2, 0.25) is 0 Å². The van der Waals surface area contributed by atoms with Gasteiger partial charge in [0.25, 0.3) is 0 Å². The first-order chi connectivity index (χ1) is 49.0. The van der Waals surface area contributed by atoms with Crippen molar-refractivity contribution in [3.05, 3.63) is 284 Å². The quantitative estimate of drug-likeness (QED) is 0.0615. The van der Waals surface area contributed by atoms with Gasteiger partial charge in [0, 0.05) is 82.7 Å². The fourth-order valence-corrected chi connectivity index (χ4v) is 13.3. The van der Waals surface area contributed by atoms with E-state index >= 15 is 0 Å². The van der Waals surface area contributed by atoms with E-state index in [2.05, 4.69) is 223 Å². The number of fused-ring (bicyclic) bond motifs is 1. The van der Waals surface area contributed by atoms with E-state index in [4.69, 9.17) is 0 Å². The molecule has 0 aliphatic heterocycles. The molecule has 1 aliphatic rings. The van der Waals surface area contributed by atoms with Gasteiger partial charge in [-0.05, 0) is 323 Å². The average Bonchev–Trinajstić information content (AvgIpc) is 0.803. The molecule has 12 rings (SSSR count). The summed E-state index contributed by atoms with van der Waals surface area (Å²) in [5.41, 5.74) is 22.2. The largest absolute Gasteiger partial charge is 0.490 e. The Morgan fingerprint density at radius 1 is 0.356 bits per heavy atom. The maximum atomic E-state index is 9.55. The zero-order chi connectivity index (χ0) is 77.0. The first kappa shape index (κ1) is 87.8. The Kier molecular flexibility index (Phi) is 36.4. The summed E-state index contributed by atoms with van der Waals surface area (Å²) in [6.45, 7) is 33.7. The standard InChI is InChI=1S/C17H22BNO2.C14H16BNO2.C13H14BNO2.C9H10BrN.2C9H12BrN.C6H6BrN.C5H4BrN/c1-11-9-13(17(3,4)5)10-12(2)15(11)16-14(18(20)21)7-6-8-19-16;1-9-7-10(2)13(11(3)8-9)14-12(15(17)18)5-4-6-16-14;1-9-5-3-6-10(2)12(9)13-11(14(16)17)7-4-8-15-13;10-9-5-7-3-1-2-4-8(7)6-11-9;1-9(2,3)7-4-5-11-8(10)6-7;1-7(2)5-8-3-4-11-9(10)6-8;1-5-2-3-8-6(7)4-5;6-5-3-1-2-4-7-5/h6-10,20-21H,1-5H3;4-8,17-18H,1-3H3;3-8,16-17H,1-2H3;5-6H,1-4H2;4-6H,1-3H3;3-4,6-7H,5H2,1-2H3;2-4H,1H3;1-4H. The average molecular weight is 1720 g/mol. The molecule has 8 aromatic heterocycles. The molecule has 0 spiro atoms. The summed E-state index contributed by atoms with van der Waals surface area (Å²) in [4.78, 5) is 33.1. The van der Waals surface area contributed by atoms with Crippen molar-refractivity contribution in [3.8, 4) is 33.8 Å². The third kappa shape index (κ3) is 29.2. The summed E-state index contributed by atoms with van der Waals surface area (Å²) in [5, 5.41) is 56.7. The van der Waals surface area contributed by atoms with E-state index in [1.165, 1.54) is 64.6 Å². The molecule has 0 unspecified atom stereocenters. The van der Waals surface area contributed by atoms with Gasteiger partial charge in [-0.3, -0.25) is 15.0 Å². The van der Waals surface area contributed by atoms with Crippen LogP contribution in [0.1, 0.15) is 141 Å². The van der Waals surface area contributed by atoms with Crippen LogP contribution in [0.4, 0.5) is 0 Å². The second kappa shape index (κ2) is 43.1. The van der Waals surface area contributed by atoms with Gasteiger partial charge in [-0.2, -0.15) is 0 Å². The molecule has 0 atom stereocenters. The summed E-state index contributed by atoms with van der Waals surface area (Å²) < 4.78 is 4.59. The topological polar surface area (TPSA) is 224 Å². The fourth-order valence-electron chi connectivity index (χ4n) is 11.4. The maximum Gasteiger partial charge on any atom is 0.490 e. The lowest BCUT2D eigenvalue weighted by molar-refractivity contribution is 0.424. The highest BCUT2D eigenvalue weighted by atomic mass is 79.9. The number of hydrogen-bond acceptors (Lipinski definition) is 14. The van der Waals surface area contributed by atoms with Crippen LogP contribution in [-0.2, 0) is 30.1 Å². The Labute approximate surface area is 659 Å². The molecular formula is C82H96B3Br5N8O6. The van der Waals surface area contributed by atoms with E-state index in [0.717, 1.165) is 79.5 Å². The van der Waals surface area contributed by atoms with Crippen LogP contribution < -0.4 is 16.4 Å². The molecule has 544 valence electrons. The molecule has 0 amide bonds. The smallest absolute Gasteiger partial charge is 0.423 e. The van der Waals surface area contributed by atoms with Gasteiger partial charge in [-0.25, -0.2) is 24.9 Å². The molecule has 3 aromatic carbocycles. The number of halogens is 5. The molecule has 104 heavy (non-hydrogen) atoms. The summed E-state index contributed by atoms with van der Waals surface area (Å²) in [5.74, 6) is 0.712. The van der Waals surface area contributed by atoms with Crippen LogP contribution >= 0.6 is 79.6 Å². The highest BCUT2D eigenvalue weighted by molar-refractivity contribution is 9.11. The third-order valence-corrected chi connectivity index (χ3v) is 18.6. The number of nitrogens with zero attached hydrogens (tertiary/aromatic N) is 8. The minimum atomic E-state index is -1.52. The van der Waals surface area contributed by atoms with Crippen molar-refractivity contribution < 1.29 is 30.1 Å². The van der Waals surface area contributed by atoms with Crippen molar-refractivity contribution in [2.45, 2.75) is 154 Å². The molecule has 1 aliphatic carbocycles. The second-order valence-corrected chi connectivity index (χ2v) is 31.8. The van der Waals surface area contributed by atoms with E-state index in [9.17, 15) is 30.1 Å². The SMILES string of the molecule is Brc1cc2c(cn1)CCCC2.Brc1ccccn1.CC(C)(C)c1ccnc(Br)c1.CC(C)Cc1ccnc(Br)c1.Cc1cc(C(C)(C)C)cc(C)c1-c1ncccc1B(O)O.Cc1cc(C)c(-c2ncccc2B(O)O)c(C)c1.Cc1cccc(C)c1-c1ncccc1B(O)O.Cc1ccnc(Br)c1. The molecular weight excluding hydrogens is 1620 g/mol. The summed E-state index contributed by atoms with van der Waals surface area (Å²) in [6, 6.07) is 44.6. The summed E-state index contributed by atoms with van der Waals surface area (Å²) >= 11 is 16.5. The van der Waals surface area contributed by atoms with Crippen LogP contribution in [0, 0.1) is 61.3 Å². The van der Waals surface area contributed by atoms with Gasteiger partial charge >= 0.3 is 21.4 Å². The lowest BCUT2D eigenvalue weighted by Gasteiger charge is -2.23. The first-order valence-corrected chi connectivity index (χ1v) is 38.2. The zero-order valence-electron chi connectivity index (χ0n) is 62.4. The van der Waals surface area contributed by atoms with E-state index < -0.39 is 21.4 Å². The normalized spacial score (nSPS) is 11.2. The second-order valence-electron chi connectivity index (χ2n) is 27.7. The number of benzene rings is 3. The number of hydrogen-bond donors (Lipinski definition) is 6. The molecule has 11 aromatic rings. The zero-order valence-corrected chi connectivity index (χ0v) is 70.3. The Balaban J connectivity index is 0.000000219. The molecule has 0 fully saturated rings. The van der Waals surface area contributed by atoms with E-state index in [-0.39, 0.29) is 10.8 Å². The minimum absolute atomic E-state index is 0.0808. The van der Waals surface area contributed by atoms with Crippen LogP contribution in [0.3, 0.4) is 0 Å². The predicted molar refractivity (Wildman–Crippen MR) is 449 cm³/mol. The summed E-state index contributed by atoms with van der Waals surface area (Å²) in [6.07, 6.45) is 20.4. The molecule has 0 saturated carbocycles. The van der Waals surface area contributed by atoms with Crippen molar-refractivity contribution in [2.24, 2.45) is 5.92 Å². The molecule has 14 nitrogen and oxygen atoms in total. The van der Waals surface area contributed by atoms with Crippen LogP contribution in [0.25, 0.3) is 33.8 Å². The monoisotopic (exact) mass is 1720 g/mol. The van der Waals surface area contributed by atoms with Crippen LogP contribution in [0.15, 0.2) is 212 Å². The highest BCUT2D eigenvalue weighted by Gasteiger charge is 2.24. The van der Waals surface area contributed by atoms with Crippen molar-refractivity contribution in [2.75, 3.05) is 0 Å². The van der Waals surface area contributed by atoms with E-state index in [1.54, 1.807) is 67.4 Å². The van der Waals surface area contributed by atoms with Crippen LogP contribution in [0.5, 0.6) is 0 Å². The Morgan fingerprint density at radius 3 is 1.13 bits per heavy atom. The Hall–Kier alpha value is -6.79. The Morgan fingerprint density at radius 2 is 0.760 bits per heavy atom. The third-order valence-electron chi connectivity index (χ3n) is 16.3. The molecule has 0 radical (unpaired) electrons. The van der Waals surface area contributed by atoms with Gasteiger partial charge in [0.05, 0.1) is 17.1 Å². The summed E-state index contributed by atoms with van der Waals surface area (Å²) in [7, 11) is -4.53. The highest BCUT2D eigenvalue weighted by Crippen LogP contribution is 2.33. The number of pyridine rings is 8. The molecule has 22 heteroatoms. The van der Waals surface area contributed by atoms with Gasteiger partial charge in [-0.15, -0.1) is 0 Å². The maximum absolute atomic E-state index is 9.55. The van der Waals surface area contributed by atoms with Gasteiger partial charge < -0.3 is 30.1 Å². The van der Waals surface area contributed by atoms with E-state index in [1.807, 2.05) is 129 Å². The molecule has 0 bridgehead atoms. The van der Waals surface area contributed by atoms with Crippen LogP contribution in [-0.4, -0.2) is 91.4 Å². The van der Waals surface area contributed by atoms with Crippen molar-refractivity contribution in [1.82, 2.24) is 39.9 Å². The van der Waals surface area contributed by atoms with Crippen molar-refractivity contribution >= 4 is 117 Å². The Bertz CT molecular complexity index is 4420. The van der Waals surface area contributed by atoms with Gasteiger partial charge in [0.2, 0.25) is 0 Å². The molecule has 0 saturated heterocycles. The van der Waals surface area contributed by atoms with Crippen molar-refractivity contribution in [3.63, 3.8) is 0 Å². The molecule has 8 heterocycles. The first-order valence-electron chi connectivity index (χ1n) is 34.3. The lowest BCUT2D eigenvalue weighted by atomic mass is 9.75. The van der Waals surface area contributed by atoms with E-state index in [0.29, 0.717) is 39.4 Å². The van der Waals surface area contributed by atoms with Gasteiger partial charge in [0.1, 0.15) is 23.0 Å². The lowest BCUT2D eigenvalue weighted by Crippen LogP contribution is -2.32. The van der Waals surface area contributed by atoms with Gasteiger partial charge in [0.15, 0.2) is 0 Å². The number of aromatic nitrogens is 8. The van der Waals surface area contributed by atoms with Crippen molar-refractivity contribution in [1.29, 1.82) is 0 Å². The molecule has 6 N–H and O–H groups in total. The van der Waals surface area contributed by atoms with Gasteiger partial charge in [-0.1, -0.05) is 128 Å².